The van der Waals surface area contributed by atoms with Crippen molar-refractivity contribution in [2.24, 2.45) is 0 Å². The number of nitrogen functional groups attached to an aromatic ring is 1. The Bertz CT molecular complexity index is 680. The molecule has 118 valence electrons. The Morgan fingerprint density at radius 2 is 2.09 bits per heavy atom. The van der Waals surface area contributed by atoms with Gasteiger partial charge in [-0.25, -0.2) is 0 Å². The van der Waals surface area contributed by atoms with Crippen molar-refractivity contribution in [1.29, 1.82) is 0 Å². The molecule has 0 aliphatic heterocycles. The predicted octanol–water partition coefficient (Wildman–Crippen LogP) is 3.79. The van der Waals surface area contributed by atoms with Gasteiger partial charge in [-0.3, -0.25) is 4.79 Å². The Balaban J connectivity index is 1.98. The van der Waals surface area contributed by atoms with Gasteiger partial charge >= 0.3 is 0 Å². The summed E-state index contributed by atoms with van der Waals surface area (Å²) in [6.45, 7) is 3.67. The highest BCUT2D eigenvalue weighted by atomic mass is 35.5. The highest BCUT2D eigenvalue weighted by Gasteiger charge is 2.20. The quantitative estimate of drug-likeness (QED) is 0.775. The molecular formula is C13H14Cl2N4OS2. The maximum atomic E-state index is 12.2. The lowest BCUT2D eigenvalue weighted by Gasteiger charge is -2.18. The number of nitrogens with one attached hydrogen (secondary N) is 1. The maximum absolute atomic E-state index is 12.2. The number of nitrogens with two attached hydrogens (primary N) is 1. The van der Waals surface area contributed by atoms with E-state index in [4.69, 9.17) is 28.9 Å². The van der Waals surface area contributed by atoms with Crippen molar-refractivity contribution in [3.8, 4) is 0 Å². The van der Waals surface area contributed by atoms with Gasteiger partial charge in [0.1, 0.15) is 0 Å². The van der Waals surface area contributed by atoms with Crippen LogP contribution in [-0.4, -0.2) is 21.4 Å². The van der Waals surface area contributed by atoms with Crippen LogP contribution in [-0.2, 0) is 4.79 Å². The Morgan fingerprint density at radius 1 is 1.36 bits per heavy atom. The van der Waals surface area contributed by atoms with Gasteiger partial charge in [-0.1, -0.05) is 52.4 Å². The lowest BCUT2D eigenvalue weighted by molar-refractivity contribution is -0.120. The van der Waals surface area contributed by atoms with Gasteiger partial charge in [-0.05, 0) is 31.5 Å². The fraction of sp³-hybridized carbons (Fsp3) is 0.308. The number of thioether (sulfide) groups is 1. The Hall–Kier alpha value is -1.02. The minimum absolute atomic E-state index is 0.114. The molecule has 2 aromatic rings. The molecule has 5 nitrogen and oxygen atoms in total. The molecule has 3 N–H and O–H groups in total. The van der Waals surface area contributed by atoms with Crippen molar-refractivity contribution in [2.75, 3.05) is 5.73 Å². The van der Waals surface area contributed by atoms with Crippen LogP contribution in [0.15, 0.2) is 22.5 Å². The van der Waals surface area contributed by atoms with Gasteiger partial charge in [0.05, 0.1) is 11.3 Å². The molecule has 1 amide bonds. The average Bonchev–Trinajstić information content (AvgIpc) is 2.83. The number of amides is 1. The molecule has 2 rings (SSSR count). The second-order valence-electron chi connectivity index (χ2n) is 4.56. The lowest BCUT2D eigenvalue weighted by atomic mass is 10.1. The van der Waals surface area contributed by atoms with E-state index in [1.807, 2.05) is 6.92 Å². The minimum Gasteiger partial charge on any atom is -0.374 e. The summed E-state index contributed by atoms with van der Waals surface area (Å²) >= 11 is 14.6. The first-order valence-corrected chi connectivity index (χ1v) is 8.83. The van der Waals surface area contributed by atoms with E-state index in [9.17, 15) is 4.79 Å². The summed E-state index contributed by atoms with van der Waals surface area (Å²) in [4.78, 5) is 12.2. The van der Waals surface area contributed by atoms with Crippen molar-refractivity contribution in [3.63, 3.8) is 0 Å². The van der Waals surface area contributed by atoms with Crippen LogP contribution < -0.4 is 11.1 Å². The van der Waals surface area contributed by atoms with Gasteiger partial charge in [-0.15, -0.1) is 10.2 Å². The Morgan fingerprint density at radius 3 is 2.68 bits per heavy atom. The van der Waals surface area contributed by atoms with Crippen LogP contribution in [0, 0.1) is 0 Å². The summed E-state index contributed by atoms with van der Waals surface area (Å²) in [5.74, 6) is -0.114. The summed E-state index contributed by atoms with van der Waals surface area (Å²) in [5, 5.41) is 11.7. The highest BCUT2D eigenvalue weighted by molar-refractivity contribution is 8.02. The highest BCUT2D eigenvalue weighted by Crippen LogP contribution is 2.29. The lowest BCUT2D eigenvalue weighted by Crippen LogP contribution is -2.33. The van der Waals surface area contributed by atoms with E-state index in [0.29, 0.717) is 19.5 Å². The number of benzene rings is 1. The number of carbonyl (C=O) groups is 1. The molecule has 1 aromatic carbocycles. The van der Waals surface area contributed by atoms with E-state index in [0.717, 1.165) is 5.56 Å². The average molecular weight is 377 g/mol. The largest absolute Gasteiger partial charge is 0.374 e. The fourth-order valence-electron chi connectivity index (χ4n) is 1.73. The summed E-state index contributed by atoms with van der Waals surface area (Å²) in [5.41, 5.74) is 6.34. The van der Waals surface area contributed by atoms with E-state index < -0.39 is 0 Å². The van der Waals surface area contributed by atoms with Gasteiger partial charge in [0.15, 0.2) is 4.34 Å². The molecule has 1 heterocycles. The number of anilines is 1. The normalized spacial score (nSPS) is 13.6. The molecule has 2 atom stereocenters. The van der Waals surface area contributed by atoms with Crippen molar-refractivity contribution in [1.82, 2.24) is 15.5 Å². The first-order valence-electron chi connectivity index (χ1n) is 6.37. The van der Waals surface area contributed by atoms with Crippen LogP contribution in [0.2, 0.25) is 10.0 Å². The first-order chi connectivity index (χ1) is 10.4. The summed E-state index contributed by atoms with van der Waals surface area (Å²) in [6, 6.07) is 4.98. The summed E-state index contributed by atoms with van der Waals surface area (Å²) in [7, 11) is 0. The van der Waals surface area contributed by atoms with Crippen molar-refractivity contribution < 1.29 is 4.79 Å². The van der Waals surface area contributed by atoms with E-state index in [-0.39, 0.29) is 17.2 Å². The molecule has 0 radical (unpaired) electrons. The smallest absolute Gasteiger partial charge is 0.233 e. The molecule has 0 bridgehead atoms. The molecule has 2 unspecified atom stereocenters. The number of rotatable bonds is 5. The van der Waals surface area contributed by atoms with Crippen molar-refractivity contribution >= 4 is 57.3 Å². The monoisotopic (exact) mass is 376 g/mol. The van der Waals surface area contributed by atoms with Crippen LogP contribution in [0.3, 0.4) is 0 Å². The first kappa shape index (κ1) is 17.3. The topological polar surface area (TPSA) is 80.9 Å². The third-order valence-corrected chi connectivity index (χ3v) is 5.36. The van der Waals surface area contributed by atoms with Gasteiger partial charge in [0.25, 0.3) is 0 Å². The Kier molecular flexibility index (Phi) is 5.91. The number of aromatic nitrogens is 2. The van der Waals surface area contributed by atoms with Crippen LogP contribution >= 0.6 is 46.3 Å². The van der Waals surface area contributed by atoms with E-state index in [2.05, 4.69) is 15.5 Å². The molecule has 0 saturated heterocycles. The number of nitrogens with zero attached hydrogens (tertiary/aromatic N) is 2. The van der Waals surface area contributed by atoms with Crippen LogP contribution in [0.4, 0.5) is 5.13 Å². The van der Waals surface area contributed by atoms with E-state index in [1.165, 1.54) is 23.1 Å². The van der Waals surface area contributed by atoms with Gasteiger partial charge in [0.2, 0.25) is 11.0 Å². The zero-order valence-electron chi connectivity index (χ0n) is 11.8. The molecule has 9 heteroatoms. The number of halogens is 2. The molecule has 0 fully saturated rings. The second kappa shape index (κ2) is 7.50. The predicted molar refractivity (Wildman–Crippen MR) is 92.7 cm³/mol. The van der Waals surface area contributed by atoms with Gasteiger partial charge in [0, 0.05) is 10.0 Å². The number of carbonyl (C=O) groups excluding carboxylic acids is 1. The van der Waals surface area contributed by atoms with Crippen LogP contribution in [0.1, 0.15) is 25.5 Å². The third-order valence-electron chi connectivity index (χ3n) is 2.86. The van der Waals surface area contributed by atoms with Crippen molar-refractivity contribution in [2.45, 2.75) is 29.5 Å². The summed E-state index contributed by atoms with van der Waals surface area (Å²) in [6.07, 6.45) is 0. The zero-order valence-corrected chi connectivity index (χ0v) is 15.0. The van der Waals surface area contributed by atoms with E-state index in [1.54, 1.807) is 25.1 Å². The molecule has 22 heavy (non-hydrogen) atoms. The van der Waals surface area contributed by atoms with Crippen molar-refractivity contribution in [3.05, 3.63) is 33.8 Å². The molecular weight excluding hydrogens is 363 g/mol. The van der Waals surface area contributed by atoms with E-state index >= 15 is 0 Å². The number of hydrogen-bond donors (Lipinski definition) is 2. The minimum atomic E-state index is -0.319. The molecule has 0 saturated carbocycles. The second-order valence-corrected chi connectivity index (χ2v) is 8.00. The van der Waals surface area contributed by atoms with Gasteiger partial charge in [-0.2, -0.15) is 0 Å². The summed E-state index contributed by atoms with van der Waals surface area (Å²) < 4.78 is 0.664. The van der Waals surface area contributed by atoms with Crippen LogP contribution in [0.25, 0.3) is 0 Å². The number of hydrogen-bond acceptors (Lipinski definition) is 6. The third kappa shape index (κ3) is 4.49. The molecule has 1 aromatic heterocycles. The molecule has 0 aliphatic rings. The molecule has 0 aliphatic carbocycles. The zero-order chi connectivity index (χ0) is 16.3. The molecule has 0 spiro atoms. The Labute approximate surface area is 146 Å². The van der Waals surface area contributed by atoms with Gasteiger partial charge < -0.3 is 11.1 Å². The van der Waals surface area contributed by atoms with Crippen LogP contribution in [0.5, 0.6) is 0 Å². The SMILES string of the molecule is CC(Sc1nnc(N)s1)C(=O)NC(C)c1ccc(Cl)cc1Cl. The fourth-order valence-corrected chi connectivity index (χ4v) is 4.10. The standard InChI is InChI=1S/C13H14Cl2N4OS2/c1-6(9-4-3-8(14)5-10(9)15)17-11(20)7(2)21-13-19-18-12(16)22-13/h3-7H,1-2H3,(H2,16,18)(H,17,20). The maximum Gasteiger partial charge on any atom is 0.233 e.